The number of rotatable bonds is 14. The summed E-state index contributed by atoms with van der Waals surface area (Å²) in [6.45, 7) is 5.41. The van der Waals surface area contributed by atoms with Gasteiger partial charge in [0.15, 0.2) is 11.6 Å². The fourth-order valence-corrected chi connectivity index (χ4v) is 4.32. The highest BCUT2D eigenvalue weighted by atomic mass is 16.5. The smallest absolute Gasteiger partial charge is 0.193 e. The molecule has 0 bridgehead atoms. The monoisotopic (exact) mass is 520 g/mol. The zero-order valence-electron chi connectivity index (χ0n) is 22.8. The van der Waals surface area contributed by atoms with E-state index in [4.69, 9.17) is 9.47 Å². The minimum atomic E-state index is -0.0325. The Balaban J connectivity index is 1.65. The molecule has 4 heteroatoms. The second kappa shape index (κ2) is 14.1. The Bertz CT molecular complexity index is 1270. The summed E-state index contributed by atoms with van der Waals surface area (Å²) in [4.78, 5) is 26.2. The van der Waals surface area contributed by atoms with Crippen LogP contribution in [0.2, 0.25) is 0 Å². The third-order valence-electron chi connectivity index (χ3n) is 6.62. The van der Waals surface area contributed by atoms with Crippen molar-refractivity contribution >= 4 is 11.6 Å². The van der Waals surface area contributed by atoms with E-state index in [0.29, 0.717) is 53.4 Å². The minimum absolute atomic E-state index is 0.0325. The minimum Gasteiger partial charge on any atom is -0.493 e. The number of carbonyl (C=O) groups is 2. The van der Waals surface area contributed by atoms with Gasteiger partial charge in [-0.2, -0.15) is 0 Å². The zero-order valence-corrected chi connectivity index (χ0v) is 22.8. The van der Waals surface area contributed by atoms with Gasteiger partial charge in [-0.3, -0.25) is 9.59 Å². The molecular formula is C35H36O4. The van der Waals surface area contributed by atoms with E-state index in [1.54, 1.807) is 0 Å². The molecule has 39 heavy (non-hydrogen) atoms. The van der Waals surface area contributed by atoms with Gasteiger partial charge < -0.3 is 9.47 Å². The van der Waals surface area contributed by atoms with E-state index in [-0.39, 0.29) is 11.6 Å². The molecule has 0 amide bonds. The lowest BCUT2D eigenvalue weighted by atomic mass is 9.96. The van der Waals surface area contributed by atoms with E-state index in [1.807, 2.05) is 97.1 Å². The molecule has 0 aliphatic heterocycles. The zero-order chi connectivity index (χ0) is 27.5. The molecule has 0 N–H and O–H groups in total. The van der Waals surface area contributed by atoms with Crippen molar-refractivity contribution in [1.29, 1.82) is 0 Å². The summed E-state index contributed by atoms with van der Waals surface area (Å²) in [6, 6.07) is 29.9. The quantitative estimate of drug-likeness (QED) is 0.125. The summed E-state index contributed by atoms with van der Waals surface area (Å²) < 4.78 is 12.4. The van der Waals surface area contributed by atoms with Gasteiger partial charge >= 0.3 is 0 Å². The molecule has 0 atom stereocenters. The number of hydrogen-bond donors (Lipinski definition) is 0. The molecule has 0 fully saturated rings. The van der Waals surface area contributed by atoms with Crippen LogP contribution in [0.5, 0.6) is 11.5 Å². The molecule has 4 rings (SSSR count). The highest BCUT2D eigenvalue weighted by molar-refractivity contribution is 6.09. The molecule has 0 spiro atoms. The Morgan fingerprint density at radius 3 is 1.33 bits per heavy atom. The first-order valence-electron chi connectivity index (χ1n) is 13.8. The van der Waals surface area contributed by atoms with Crippen LogP contribution in [0.15, 0.2) is 97.1 Å². The largest absolute Gasteiger partial charge is 0.493 e. The van der Waals surface area contributed by atoms with Gasteiger partial charge in [0.2, 0.25) is 0 Å². The molecule has 200 valence electrons. The number of ether oxygens (including phenoxy) is 2. The maximum atomic E-state index is 13.1. The number of hydrogen-bond acceptors (Lipinski definition) is 4. The van der Waals surface area contributed by atoms with Crippen molar-refractivity contribution in [2.45, 2.75) is 46.0 Å². The summed E-state index contributed by atoms with van der Waals surface area (Å²) >= 11 is 0. The van der Waals surface area contributed by atoms with Crippen molar-refractivity contribution in [1.82, 2.24) is 0 Å². The van der Waals surface area contributed by atoms with E-state index in [2.05, 4.69) is 13.8 Å². The van der Waals surface area contributed by atoms with Crippen LogP contribution < -0.4 is 9.47 Å². The van der Waals surface area contributed by atoms with Crippen molar-refractivity contribution < 1.29 is 19.1 Å². The highest BCUT2D eigenvalue weighted by Crippen LogP contribution is 2.30. The van der Waals surface area contributed by atoms with Crippen molar-refractivity contribution in [3.05, 3.63) is 130 Å². The number of benzene rings is 4. The maximum absolute atomic E-state index is 13.1. The van der Waals surface area contributed by atoms with Gasteiger partial charge in [-0.15, -0.1) is 0 Å². The first kappa shape index (κ1) is 27.8. The lowest BCUT2D eigenvalue weighted by molar-refractivity contribution is 0.103. The van der Waals surface area contributed by atoms with Crippen LogP contribution in [0.4, 0.5) is 0 Å². The average molecular weight is 521 g/mol. The van der Waals surface area contributed by atoms with Gasteiger partial charge in [-0.05, 0) is 36.1 Å². The van der Waals surface area contributed by atoms with E-state index in [1.165, 1.54) is 0 Å². The van der Waals surface area contributed by atoms with Gasteiger partial charge in [0.05, 0.1) is 13.2 Å². The Morgan fingerprint density at radius 1 is 0.538 bits per heavy atom. The highest BCUT2D eigenvalue weighted by Gasteiger charge is 2.17. The van der Waals surface area contributed by atoms with Gasteiger partial charge in [-0.25, -0.2) is 0 Å². The SMILES string of the molecule is CCCCOc1cc(C(=O)c2ccccc2)ccc1Cc1ccc(C(=O)c2ccccc2)cc1OCCCC. The Morgan fingerprint density at radius 2 is 0.949 bits per heavy atom. The van der Waals surface area contributed by atoms with Gasteiger partial charge in [0.1, 0.15) is 11.5 Å². The fourth-order valence-electron chi connectivity index (χ4n) is 4.32. The van der Waals surface area contributed by atoms with E-state index in [0.717, 1.165) is 36.8 Å². The lowest BCUT2D eigenvalue weighted by Crippen LogP contribution is -2.07. The number of carbonyl (C=O) groups excluding carboxylic acids is 2. The molecule has 0 saturated carbocycles. The van der Waals surface area contributed by atoms with E-state index >= 15 is 0 Å². The molecule has 0 radical (unpaired) electrons. The lowest BCUT2D eigenvalue weighted by Gasteiger charge is -2.16. The molecule has 0 heterocycles. The molecule has 0 unspecified atom stereocenters. The third-order valence-corrected chi connectivity index (χ3v) is 6.62. The first-order valence-corrected chi connectivity index (χ1v) is 13.8. The molecule has 0 aliphatic rings. The summed E-state index contributed by atoms with van der Waals surface area (Å²) in [5, 5.41) is 0. The molecule has 4 aromatic carbocycles. The number of ketones is 2. The summed E-state index contributed by atoms with van der Waals surface area (Å²) in [6.07, 6.45) is 4.45. The van der Waals surface area contributed by atoms with Gasteiger partial charge in [-0.1, -0.05) is 112 Å². The van der Waals surface area contributed by atoms with Crippen LogP contribution in [0.25, 0.3) is 0 Å². The summed E-state index contributed by atoms with van der Waals surface area (Å²) in [5.41, 5.74) is 4.43. The molecule has 4 aromatic rings. The van der Waals surface area contributed by atoms with Crippen molar-refractivity contribution in [2.24, 2.45) is 0 Å². The second-order valence-electron chi connectivity index (χ2n) is 9.62. The molecule has 0 aromatic heterocycles. The van der Waals surface area contributed by atoms with Crippen molar-refractivity contribution in [3.63, 3.8) is 0 Å². The van der Waals surface area contributed by atoms with Crippen LogP contribution in [-0.2, 0) is 6.42 Å². The van der Waals surface area contributed by atoms with Crippen LogP contribution in [0, 0.1) is 0 Å². The summed E-state index contributed by atoms with van der Waals surface area (Å²) in [5.74, 6) is 1.34. The van der Waals surface area contributed by atoms with Crippen LogP contribution in [0.1, 0.15) is 82.5 Å². The predicted octanol–water partition coefficient (Wildman–Crippen LogP) is 8.10. The fraction of sp³-hybridized carbons (Fsp3) is 0.257. The van der Waals surface area contributed by atoms with Crippen molar-refractivity contribution in [2.75, 3.05) is 13.2 Å². The molecular weight excluding hydrogens is 484 g/mol. The Labute approximate surface area is 231 Å². The number of unbranched alkanes of at least 4 members (excludes halogenated alkanes) is 2. The topological polar surface area (TPSA) is 52.6 Å². The van der Waals surface area contributed by atoms with Crippen LogP contribution in [0.3, 0.4) is 0 Å². The Hall–Kier alpha value is -4.18. The van der Waals surface area contributed by atoms with Crippen LogP contribution >= 0.6 is 0 Å². The predicted molar refractivity (Wildman–Crippen MR) is 156 cm³/mol. The molecule has 0 aliphatic carbocycles. The first-order chi connectivity index (χ1) is 19.1. The molecule has 0 saturated heterocycles. The van der Waals surface area contributed by atoms with E-state index < -0.39 is 0 Å². The standard InChI is InChI=1S/C35H36O4/c1-3-5-21-38-32-24-30(34(36)26-13-9-7-10-14-26)19-17-28(32)23-29-18-20-31(25-33(29)39-22-6-4-2)35(37)27-15-11-8-12-16-27/h7-20,24-25H,3-6,21-23H2,1-2H3. The van der Waals surface area contributed by atoms with Crippen molar-refractivity contribution in [3.8, 4) is 11.5 Å². The normalized spacial score (nSPS) is 10.7. The third kappa shape index (κ3) is 7.44. The second-order valence-corrected chi connectivity index (χ2v) is 9.62. The van der Waals surface area contributed by atoms with Gasteiger partial charge in [0.25, 0.3) is 0 Å². The maximum Gasteiger partial charge on any atom is 0.193 e. The summed E-state index contributed by atoms with van der Waals surface area (Å²) in [7, 11) is 0. The van der Waals surface area contributed by atoms with Crippen LogP contribution in [-0.4, -0.2) is 24.8 Å². The van der Waals surface area contributed by atoms with Gasteiger partial charge in [0, 0.05) is 28.7 Å². The molecule has 4 nitrogen and oxygen atoms in total. The Kier molecular flexibility index (Phi) is 10.1. The van der Waals surface area contributed by atoms with E-state index in [9.17, 15) is 9.59 Å². The average Bonchev–Trinajstić information content (AvgIpc) is 2.99.